The van der Waals surface area contributed by atoms with Gasteiger partial charge in [-0.05, 0) is 38.0 Å². The monoisotopic (exact) mass is 459 g/mol. The molecule has 5 atom stereocenters. The molecule has 33 heavy (non-hydrogen) atoms. The van der Waals surface area contributed by atoms with Gasteiger partial charge < -0.3 is 20.5 Å². The van der Waals surface area contributed by atoms with E-state index in [1.807, 2.05) is 6.08 Å². The van der Waals surface area contributed by atoms with Crippen LogP contribution in [-0.4, -0.2) is 54.2 Å². The molecule has 4 rings (SSSR count). The number of carboxylic acids is 1. The van der Waals surface area contributed by atoms with Crippen LogP contribution in [0.4, 0.5) is 0 Å². The molecule has 3 heterocycles. The van der Waals surface area contributed by atoms with E-state index in [1.165, 1.54) is 44.9 Å². The van der Waals surface area contributed by atoms with E-state index in [0.717, 1.165) is 44.0 Å². The van der Waals surface area contributed by atoms with Crippen LogP contribution < -0.4 is 10.6 Å². The number of rotatable bonds is 12. The molecule has 1 unspecified atom stereocenters. The topological polar surface area (TPSA) is 100 Å². The van der Waals surface area contributed by atoms with Gasteiger partial charge in [0.25, 0.3) is 0 Å². The number of allylic oxidation sites excluding steroid dienone is 2. The molecule has 1 amide bonds. The number of amidine groups is 1. The molecule has 0 aromatic carbocycles. The number of carboxylic acid groups (broad SMARTS) is 1. The number of ether oxygens (including phenoxy) is 1. The highest BCUT2D eigenvalue weighted by atomic mass is 16.5. The minimum absolute atomic E-state index is 0.0561. The molecule has 0 aromatic rings. The van der Waals surface area contributed by atoms with Crippen molar-refractivity contribution in [3.05, 3.63) is 12.2 Å². The fourth-order valence-electron chi connectivity index (χ4n) is 6.21. The molecule has 2 bridgehead atoms. The number of hydrogen-bond acceptors (Lipinski definition) is 5. The minimum atomic E-state index is -0.765. The van der Waals surface area contributed by atoms with Gasteiger partial charge in [0.2, 0.25) is 5.91 Å². The number of carbonyl (C=O) groups is 2. The van der Waals surface area contributed by atoms with E-state index in [9.17, 15) is 9.59 Å². The maximum Gasteiger partial charge on any atom is 0.303 e. The van der Waals surface area contributed by atoms with E-state index < -0.39 is 5.97 Å². The van der Waals surface area contributed by atoms with E-state index in [2.05, 4.69) is 16.7 Å². The van der Waals surface area contributed by atoms with Crippen molar-refractivity contribution < 1.29 is 19.4 Å². The van der Waals surface area contributed by atoms with Crippen molar-refractivity contribution in [1.29, 1.82) is 0 Å². The van der Waals surface area contributed by atoms with Gasteiger partial charge in [-0.3, -0.25) is 14.6 Å². The Bertz CT molecular complexity index is 731. The van der Waals surface area contributed by atoms with Gasteiger partial charge in [0.05, 0.1) is 18.8 Å². The van der Waals surface area contributed by atoms with E-state index in [1.54, 1.807) is 0 Å². The first-order chi connectivity index (χ1) is 16.1. The summed E-state index contributed by atoms with van der Waals surface area (Å²) in [6.45, 7) is 1.25. The Balaban J connectivity index is 1.17. The lowest BCUT2D eigenvalue weighted by Gasteiger charge is -2.28. The number of nitrogens with one attached hydrogen (secondary N) is 2. The molecule has 184 valence electrons. The Morgan fingerprint density at radius 1 is 1.09 bits per heavy atom. The van der Waals surface area contributed by atoms with Crippen LogP contribution >= 0.6 is 0 Å². The Hall–Kier alpha value is -1.89. The quantitative estimate of drug-likeness (QED) is 0.304. The summed E-state index contributed by atoms with van der Waals surface area (Å²) in [5, 5.41) is 15.3. The Kier molecular flexibility index (Phi) is 8.82. The van der Waals surface area contributed by atoms with Crippen molar-refractivity contribution in [2.45, 2.75) is 102 Å². The normalized spacial score (nSPS) is 31.6. The molecular formula is C26H41N3O4. The molecule has 0 spiro atoms. The van der Waals surface area contributed by atoms with Gasteiger partial charge in [-0.2, -0.15) is 0 Å². The van der Waals surface area contributed by atoms with Crippen LogP contribution in [0.3, 0.4) is 0 Å². The molecule has 7 heteroatoms. The third-order valence-electron chi connectivity index (χ3n) is 7.99. The molecule has 0 aromatic heterocycles. The van der Waals surface area contributed by atoms with E-state index in [0.29, 0.717) is 18.9 Å². The number of unbranched alkanes of at least 4 members (excludes halogenated alkanes) is 1. The first-order valence-corrected chi connectivity index (χ1v) is 13.2. The Morgan fingerprint density at radius 2 is 1.91 bits per heavy atom. The average molecular weight is 460 g/mol. The van der Waals surface area contributed by atoms with E-state index in [-0.39, 0.29) is 36.5 Å². The third kappa shape index (κ3) is 6.58. The van der Waals surface area contributed by atoms with Crippen LogP contribution in [0.5, 0.6) is 0 Å². The Morgan fingerprint density at radius 3 is 2.73 bits per heavy atom. The predicted octanol–water partition coefficient (Wildman–Crippen LogP) is 3.83. The lowest BCUT2D eigenvalue weighted by Crippen LogP contribution is -2.48. The van der Waals surface area contributed by atoms with Gasteiger partial charge in [0, 0.05) is 24.8 Å². The molecule has 3 aliphatic heterocycles. The van der Waals surface area contributed by atoms with Crippen molar-refractivity contribution in [2.24, 2.45) is 22.7 Å². The van der Waals surface area contributed by atoms with Crippen LogP contribution in [-0.2, 0) is 14.3 Å². The number of aliphatic carboxylic acids is 1. The predicted molar refractivity (Wildman–Crippen MR) is 128 cm³/mol. The number of nitrogens with zero attached hydrogens (tertiary/aromatic N) is 1. The molecular weight excluding hydrogens is 418 g/mol. The average Bonchev–Trinajstić information content (AvgIpc) is 3.55. The van der Waals surface area contributed by atoms with Crippen LogP contribution in [0.25, 0.3) is 0 Å². The van der Waals surface area contributed by atoms with Crippen molar-refractivity contribution >= 4 is 17.7 Å². The third-order valence-corrected chi connectivity index (χ3v) is 7.99. The summed E-state index contributed by atoms with van der Waals surface area (Å²) < 4.78 is 6.19. The zero-order valence-corrected chi connectivity index (χ0v) is 19.8. The zero-order chi connectivity index (χ0) is 23.0. The summed E-state index contributed by atoms with van der Waals surface area (Å²) in [7, 11) is 0. The number of amides is 1. The van der Waals surface area contributed by atoms with Gasteiger partial charge in [-0.15, -0.1) is 0 Å². The van der Waals surface area contributed by atoms with Gasteiger partial charge in [-0.25, -0.2) is 0 Å². The van der Waals surface area contributed by atoms with Crippen molar-refractivity contribution in [2.75, 3.05) is 13.1 Å². The smallest absolute Gasteiger partial charge is 0.303 e. The number of carbonyl (C=O) groups excluding carboxylic acids is 1. The van der Waals surface area contributed by atoms with E-state index in [4.69, 9.17) is 14.8 Å². The van der Waals surface area contributed by atoms with Crippen LogP contribution in [0.1, 0.15) is 83.5 Å². The maximum absolute atomic E-state index is 12.7. The summed E-state index contributed by atoms with van der Waals surface area (Å²) in [6, 6.07) is -0.274. The van der Waals surface area contributed by atoms with Gasteiger partial charge in [0.15, 0.2) is 0 Å². The van der Waals surface area contributed by atoms with Crippen LogP contribution in [0.15, 0.2) is 17.1 Å². The highest BCUT2D eigenvalue weighted by Crippen LogP contribution is 2.46. The minimum Gasteiger partial charge on any atom is -0.481 e. The second-order valence-electron chi connectivity index (χ2n) is 10.3. The lowest BCUT2D eigenvalue weighted by molar-refractivity contribution is -0.136. The standard InChI is InChI=1S/C26H41N3O4/c30-23(31)13-6-2-5-12-19-21-14-15-22(33-21)24(19)25-28-17-20(29-25)26(32)27-16-8-7-11-18-9-3-1-4-10-18/h2,5,18-22,24H,1,3-4,6-17H2,(H,27,32)(H,28,29)(H,30,31)/b5-2-/t19-,20?,21-,22+,24-/m0/s1. The molecule has 0 radical (unpaired) electrons. The van der Waals surface area contributed by atoms with Crippen molar-refractivity contribution in [1.82, 2.24) is 10.6 Å². The van der Waals surface area contributed by atoms with E-state index >= 15 is 0 Å². The second-order valence-corrected chi connectivity index (χ2v) is 10.3. The van der Waals surface area contributed by atoms with Gasteiger partial charge in [-0.1, -0.05) is 57.1 Å². The number of fused-ring (bicyclic) bond motifs is 2. The highest BCUT2D eigenvalue weighted by molar-refractivity contribution is 5.94. The number of hydrogen-bond donors (Lipinski definition) is 3. The summed E-state index contributed by atoms with van der Waals surface area (Å²) in [4.78, 5) is 28.1. The van der Waals surface area contributed by atoms with Crippen LogP contribution in [0.2, 0.25) is 0 Å². The molecule has 1 saturated carbocycles. The number of aliphatic imine (C=N–C) groups is 1. The molecule has 2 saturated heterocycles. The molecule has 1 aliphatic carbocycles. The fourth-order valence-corrected chi connectivity index (χ4v) is 6.21. The van der Waals surface area contributed by atoms with Crippen LogP contribution in [0, 0.1) is 17.8 Å². The highest BCUT2D eigenvalue weighted by Gasteiger charge is 2.51. The maximum atomic E-state index is 12.7. The fraction of sp³-hybridized carbons (Fsp3) is 0.808. The second kappa shape index (κ2) is 12.0. The van der Waals surface area contributed by atoms with Gasteiger partial charge in [0.1, 0.15) is 11.9 Å². The molecule has 4 aliphatic rings. The molecule has 3 fully saturated rings. The summed E-state index contributed by atoms with van der Waals surface area (Å²) in [5.41, 5.74) is 0. The lowest BCUT2D eigenvalue weighted by atomic mass is 9.76. The first kappa shape index (κ1) is 24.2. The van der Waals surface area contributed by atoms with Crippen molar-refractivity contribution in [3.63, 3.8) is 0 Å². The first-order valence-electron chi connectivity index (χ1n) is 13.2. The largest absolute Gasteiger partial charge is 0.481 e. The summed E-state index contributed by atoms with van der Waals surface area (Å²) >= 11 is 0. The molecule has 7 nitrogen and oxygen atoms in total. The van der Waals surface area contributed by atoms with Gasteiger partial charge >= 0.3 is 5.97 Å². The molecule has 3 N–H and O–H groups in total. The summed E-state index contributed by atoms with van der Waals surface area (Å²) in [5.74, 6) is 1.69. The Labute approximate surface area is 197 Å². The van der Waals surface area contributed by atoms with Crippen molar-refractivity contribution in [3.8, 4) is 0 Å². The SMILES string of the molecule is O=C(O)CC/C=C\C[C@@H]1[C@H](C2=NCC(C(=O)NCCCCC3CCCCC3)N2)[C@H]2CC[C@@H]1O2. The summed E-state index contributed by atoms with van der Waals surface area (Å²) in [6.07, 6.45) is 18.7. The zero-order valence-electron chi connectivity index (χ0n) is 19.8.